The summed E-state index contributed by atoms with van der Waals surface area (Å²) in [7, 11) is 0. The van der Waals surface area contributed by atoms with Crippen LogP contribution < -0.4 is 0 Å². The van der Waals surface area contributed by atoms with Gasteiger partial charge in [-0.1, -0.05) is 32.9 Å². The summed E-state index contributed by atoms with van der Waals surface area (Å²) in [5.74, 6) is 2.04. The van der Waals surface area contributed by atoms with Crippen LogP contribution in [0.25, 0.3) is 0 Å². The number of ketones is 1. The zero-order chi connectivity index (χ0) is 11.7. The maximum absolute atomic E-state index is 12.0. The smallest absolute Gasteiger partial charge is 0.136 e. The predicted molar refractivity (Wildman–Crippen MR) is 65.0 cm³/mol. The normalized spacial score (nSPS) is 49.6. The Balaban J connectivity index is 2.10. The minimum Gasteiger partial charge on any atom is -0.299 e. The number of hydrogen-bond donors (Lipinski definition) is 0. The number of Topliss-reactive ketones (excluding diaryl/α,β-unsaturated/α-hetero) is 1. The minimum absolute atomic E-state index is 0.259. The quantitative estimate of drug-likeness (QED) is 0.568. The molecular formula is C15H22O. The summed E-state index contributed by atoms with van der Waals surface area (Å²) in [5, 5.41) is 0. The van der Waals surface area contributed by atoms with Gasteiger partial charge in [0.15, 0.2) is 0 Å². The average molecular weight is 218 g/mol. The summed E-state index contributed by atoms with van der Waals surface area (Å²) in [6.07, 6.45) is 4.62. The van der Waals surface area contributed by atoms with E-state index in [9.17, 15) is 4.79 Å². The summed E-state index contributed by atoms with van der Waals surface area (Å²) in [6.45, 7) is 11.2. The zero-order valence-corrected chi connectivity index (χ0v) is 10.7. The van der Waals surface area contributed by atoms with Gasteiger partial charge in [0.2, 0.25) is 0 Å². The van der Waals surface area contributed by atoms with E-state index in [0.29, 0.717) is 17.1 Å². The van der Waals surface area contributed by atoms with E-state index >= 15 is 0 Å². The van der Waals surface area contributed by atoms with Crippen molar-refractivity contribution in [2.24, 2.45) is 28.6 Å². The molecule has 0 amide bonds. The second-order valence-corrected chi connectivity index (χ2v) is 6.86. The Hall–Kier alpha value is -0.590. The fourth-order valence-corrected chi connectivity index (χ4v) is 4.82. The maximum Gasteiger partial charge on any atom is 0.136 e. The fraction of sp³-hybridized carbons (Fsp3) is 0.800. The summed E-state index contributed by atoms with van der Waals surface area (Å²) >= 11 is 0. The molecule has 3 saturated carbocycles. The molecule has 0 radical (unpaired) electrons. The second kappa shape index (κ2) is 2.80. The minimum atomic E-state index is 0.259. The van der Waals surface area contributed by atoms with Gasteiger partial charge in [0.1, 0.15) is 5.78 Å². The first-order valence-corrected chi connectivity index (χ1v) is 6.61. The van der Waals surface area contributed by atoms with Crippen molar-refractivity contribution >= 4 is 5.78 Å². The molecule has 3 fully saturated rings. The van der Waals surface area contributed by atoms with Crippen LogP contribution in [-0.4, -0.2) is 5.78 Å². The Bertz CT molecular complexity index is 379. The molecule has 16 heavy (non-hydrogen) atoms. The SMILES string of the molecule is C=C1[C@H]2CC(=O)[C@H](C)[C@@]23CC[C@H](C3)C1(C)C. The van der Waals surface area contributed by atoms with Crippen LogP contribution in [0.15, 0.2) is 12.2 Å². The van der Waals surface area contributed by atoms with E-state index in [1.165, 1.54) is 24.8 Å². The molecule has 1 heteroatoms. The van der Waals surface area contributed by atoms with Gasteiger partial charge in [0, 0.05) is 12.3 Å². The molecule has 3 rings (SSSR count). The van der Waals surface area contributed by atoms with E-state index in [0.717, 1.165) is 12.3 Å². The van der Waals surface area contributed by atoms with Crippen LogP contribution in [-0.2, 0) is 4.79 Å². The van der Waals surface area contributed by atoms with Crippen LogP contribution in [0, 0.1) is 28.6 Å². The number of carbonyl (C=O) groups is 1. The third kappa shape index (κ3) is 0.959. The van der Waals surface area contributed by atoms with Gasteiger partial charge in [0.05, 0.1) is 0 Å². The summed E-state index contributed by atoms with van der Waals surface area (Å²) in [6, 6.07) is 0. The van der Waals surface area contributed by atoms with E-state index in [4.69, 9.17) is 0 Å². The molecule has 3 aliphatic rings. The number of allylic oxidation sites excluding steroid dienone is 1. The van der Waals surface area contributed by atoms with Gasteiger partial charge < -0.3 is 0 Å². The third-order valence-electron chi connectivity index (χ3n) is 6.30. The first-order valence-electron chi connectivity index (χ1n) is 6.61. The molecule has 0 aromatic rings. The number of carbonyl (C=O) groups excluding carboxylic acids is 1. The Morgan fingerprint density at radius 2 is 2.06 bits per heavy atom. The lowest BCUT2D eigenvalue weighted by molar-refractivity contribution is -0.121. The fourth-order valence-electron chi connectivity index (χ4n) is 4.82. The Morgan fingerprint density at radius 1 is 1.38 bits per heavy atom. The highest BCUT2D eigenvalue weighted by molar-refractivity contribution is 5.85. The van der Waals surface area contributed by atoms with E-state index in [1.54, 1.807) is 0 Å². The van der Waals surface area contributed by atoms with Crippen LogP contribution >= 0.6 is 0 Å². The topological polar surface area (TPSA) is 17.1 Å². The van der Waals surface area contributed by atoms with Crippen molar-refractivity contribution in [3.63, 3.8) is 0 Å². The lowest BCUT2D eigenvalue weighted by atomic mass is 9.56. The first-order chi connectivity index (χ1) is 7.39. The molecule has 88 valence electrons. The van der Waals surface area contributed by atoms with Gasteiger partial charge in [-0.25, -0.2) is 0 Å². The molecule has 0 aromatic heterocycles. The van der Waals surface area contributed by atoms with E-state index in [-0.39, 0.29) is 11.3 Å². The van der Waals surface area contributed by atoms with Crippen LogP contribution in [0.5, 0.6) is 0 Å². The Labute approximate surface area is 98.3 Å². The Kier molecular flexibility index (Phi) is 1.85. The van der Waals surface area contributed by atoms with Crippen molar-refractivity contribution in [1.82, 2.24) is 0 Å². The van der Waals surface area contributed by atoms with Crippen molar-refractivity contribution in [3.8, 4) is 0 Å². The van der Waals surface area contributed by atoms with E-state index < -0.39 is 0 Å². The van der Waals surface area contributed by atoms with Crippen molar-refractivity contribution in [3.05, 3.63) is 12.2 Å². The summed E-state index contributed by atoms with van der Waals surface area (Å²) in [5.41, 5.74) is 1.95. The highest BCUT2D eigenvalue weighted by atomic mass is 16.1. The molecule has 0 aromatic carbocycles. The molecule has 1 nitrogen and oxygen atoms in total. The Morgan fingerprint density at radius 3 is 2.75 bits per heavy atom. The standard InChI is InChI=1S/C15H22O/c1-9-12-7-13(16)10(2)15(12)6-5-11(8-15)14(9,3)4/h10-12H,1,5-8H2,2-4H3/t10-,11+,12+,15-/m0/s1. The summed E-state index contributed by atoms with van der Waals surface area (Å²) in [4.78, 5) is 12.0. The predicted octanol–water partition coefficient (Wildman–Crippen LogP) is 3.59. The molecule has 1 spiro atoms. The average Bonchev–Trinajstić information content (AvgIpc) is 2.75. The van der Waals surface area contributed by atoms with E-state index in [2.05, 4.69) is 27.4 Å². The van der Waals surface area contributed by atoms with Gasteiger partial charge in [-0.05, 0) is 41.9 Å². The zero-order valence-electron chi connectivity index (χ0n) is 10.7. The van der Waals surface area contributed by atoms with Crippen LogP contribution in [0.1, 0.15) is 46.5 Å². The van der Waals surface area contributed by atoms with Gasteiger partial charge in [-0.2, -0.15) is 0 Å². The van der Waals surface area contributed by atoms with Gasteiger partial charge in [-0.3, -0.25) is 4.79 Å². The second-order valence-electron chi connectivity index (χ2n) is 6.86. The van der Waals surface area contributed by atoms with Gasteiger partial charge >= 0.3 is 0 Å². The number of rotatable bonds is 0. The molecule has 0 saturated heterocycles. The molecule has 3 aliphatic carbocycles. The first kappa shape index (κ1) is 10.6. The lowest BCUT2D eigenvalue weighted by Gasteiger charge is -2.48. The number of fused-ring (bicyclic) bond motifs is 1. The largest absolute Gasteiger partial charge is 0.299 e. The van der Waals surface area contributed by atoms with Crippen LogP contribution in [0.3, 0.4) is 0 Å². The van der Waals surface area contributed by atoms with E-state index in [1.807, 2.05) is 0 Å². The molecule has 0 unspecified atom stereocenters. The monoisotopic (exact) mass is 218 g/mol. The van der Waals surface area contributed by atoms with Crippen LogP contribution in [0.2, 0.25) is 0 Å². The van der Waals surface area contributed by atoms with Crippen molar-refractivity contribution in [1.29, 1.82) is 0 Å². The lowest BCUT2D eigenvalue weighted by Crippen LogP contribution is -2.40. The highest BCUT2D eigenvalue weighted by Crippen LogP contribution is 2.69. The van der Waals surface area contributed by atoms with Gasteiger partial charge in [-0.15, -0.1) is 0 Å². The molecule has 0 aliphatic heterocycles. The summed E-state index contributed by atoms with van der Waals surface area (Å²) < 4.78 is 0. The number of hydrogen-bond acceptors (Lipinski definition) is 1. The molecule has 0 heterocycles. The van der Waals surface area contributed by atoms with Crippen molar-refractivity contribution in [2.45, 2.75) is 46.5 Å². The molecule has 2 bridgehead atoms. The molecule has 0 N–H and O–H groups in total. The molecular weight excluding hydrogens is 196 g/mol. The van der Waals surface area contributed by atoms with Crippen molar-refractivity contribution < 1.29 is 4.79 Å². The molecule has 4 atom stereocenters. The van der Waals surface area contributed by atoms with Crippen molar-refractivity contribution in [2.75, 3.05) is 0 Å². The highest BCUT2D eigenvalue weighted by Gasteiger charge is 2.63. The third-order valence-corrected chi connectivity index (χ3v) is 6.30. The van der Waals surface area contributed by atoms with Gasteiger partial charge in [0.25, 0.3) is 0 Å². The maximum atomic E-state index is 12.0. The van der Waals surface area contributed by atoms with Crippen LogP contribution in [0.4, 0.5) is 0 Å².